The molecule has 0 radical (unpaired) electrons. The van der Waals surface area contributed by atoms with Crippen LogP contribution in [0.4, 0.5) is 0 Å². The Bertz CT molecular complexity index is 327. The van der Waals surface area contributed by atoms with E-state index in [-0.39, 0.29) is 0 Å². The highest BCUT2D eigenvalue weighted by molar-refractivity contribution is 5.66. The molecular weight excluding hydrogens is 272 g/mol. The van der Waals surface area contributed by atoms with Crippen molar-refractivity contribution in [2.45, 2.75) is 84.0 Å². The first-order chi connectivity index (χ1) is 10.8. The Hall–Kier alpha value is -1.31. The van der Waals surface area contributed by atoms with Gasteiger partial charge in [-0.05, 0) is 57.8 Å². The lowest BCUT2D eigenvalue weighted by Crippen LogP contribution is -1.92. The molecule has 0 aliphatic carbocycles. The second-order valence-corrected chi connectivity index (χ2v) is 5.69. The van der Waals surface area contributed by atoms with E-state index in [0.29, 0.717) is 6.42 Å². The van der Waals surface area contributed by atoms with Crippen molar-refractivity contribution in [3.8, 4) is 0 Å². The first-order valence-electron chi connectivity index (χ1n) is 8.94. The van der Waals surface area contributed by atoms with E-state index >= 15 is 0 Å². The number of hydrogen-bond donors (Lipinski definition) is 1. The Kier molecular flexibility index (Phi) is 16.7. The maximum Gasteiger partial charge on any atom is 0.303 e. The van der Waals surface area contributed by atoms with E-state index < -0.39 is 5.97 Å². The molecule has 0 atom stereocenters. The first kappa shape index (κ1) is 20.7. The molecule has 22 heavy (non-hydrogen) atoms. The van der Waals surface area contributed by atoms with E-state index in [1.165, 1.54) is 38.5 Å². The van der Waals surface area contributed by atoms with E-state index in [0.717, 1.165) is 32.1 Å². The minimum Gasteiger partial charge on any atom is -0.481 e. The fourth-order valence-corrected chi connectivity index (χ4v) is 2.21. The second-order valence-electron chi connectivity index (χ2n) is 5.69. The van der Waals surface area contributed by atoms with Gasteiger partial charge in [-0.2, -0.15) is 0 Å². The molecule has 0 heterocycles. The molecule has 0 spiro atoms. The van der Waals surface area contributed by atoms with Gasteiger partial charge in [0.25, 0.3) is 0 Å². The van der Waals surface area contributed by atoms with Gasteiger partial charge < -0.3 is 5.11 Å². The summed E-state index contributed by atoms with van der Waals surface area (Å²) in [5, 5.41) is 8.51. The summed E-state index contributed by atoms with van der Waals surface area (Å²) in [6, 6.07) is 0. The number of rotatable bonds is 15. The number of aliphatic carboxylic acids is 1. The number of carboxylic acid groups (broad SMARTS) is 1. The molecule has 126 valence electrons. The predicted molar refractivity (Wildman–Crippen MR) is 96.1 cm³/mol. The molecule has 0 aliphatic rings. The average Bonchev–Trinajstić information content (AvgIpc) is 2.50. The maximum absolute atomic E-state index is 10.3. The quantitative estimate of drug-likeness (QED) is 0.279. The molecule has 0 rings (SSSR count). The van der Waals surface area contributed by atoms with Gasteiger partial charge in [0.2, 0.25) is 0 Å². The van der Waals surface area contributed by atoms with E-state index in [2.05, 4.69) is 43.4 Å². The van der Waals surface area contributed by atoms with Crippen LogP contribution in [0.5, 0.6) is 0 Å². The molecule has 0 saturated heterocycles. The molecule has 2 nitrogen and oxygen atoms in total. The second kappa shape index (κ2) is 17.7. The molecule has 0 aliphatic heterocycles. The molecule has 0 unspecified atom stereocenters. The Balaban J connectivity index is 3.23. The summed E-state index contributed by atoms with van der Waals surface area (Å²) in [6.45, 7) is 2.18. The van der Waals surface area contributed by atoms with Crippen LogP contribution in [-0.2, 0) is 4.79 Å². The zero-order valence-corrected chi connectivity index (χ0v) is 14.3. The van der Waals surface area contributed by atoms with Gasteiger partial charge in [0.15, 0.2) is 0 Å². The van der Waals surface area contributed by atoms with Gasteiger partial charge in [-0.3, -0.25) is 4.79 Å². The maximum atomic E-state index is 10.3. The highest BCUT2D eigenvalue weighted by atomic mass is 16.4. The largest absolute Gasteiger partial charge is 0.481 e. The summed E-state index contributed by atoms with van der Waals surface area (Å²) in [4.78, 5) is 10.3. The molecule has 0 bridgehead atoms. The Morgan fingerprint density at radius 1 is 0.727 bits per heavy atom. The minimum atomic E-state index is -0.690. The van der Waals surface area contributed by atoms with E-state index in [1.807, 2.05) is 0 Å². The van der Waals surface area contributed by atoms with Gasteiger partial charge in [0.05, 0.1) is 0 Å². The Morgan fingerprint density at radius 2 is 1.23 bits per heavy atom. The fourth-order valence-electron chi connectivity index (χ4n) is 2.21. The van der Waals surface area contributed by atoms with Gasteiger partial charge >= 0.3 is 5.97 Å². The van der Waals surface area contributed by atoms with Crippen LogP contribution in [0, 0.1) is 0 Å². The molecule has 0 aromatic rings. The SMILES string of the molecule is CC/C=C/CCCCCC/C=C/C/C=C/CCCCC(=O)O. The number of carboxylic acids is 1. The molecule has 0 amide bonds. The normalized spacial score (nSPS) is 12.0. The van der Waals surface area contributed by atoms with Crippen LogP contribution in [0.25, 0.3) is 0 Å². The standard InChI is InChI=1S/C20H34O2/c1-2-3-4-5-6-7-8-9-10-11-12-13-14-15-16-17-18-19-20(21)22/h3-4,11-12,14-15H,2,5-10,13,16-19H2,1H3,(H,21,22)/b4-3+,12-11+,15-14+. The van der Waals surface area contributed by atoms with E-state index in [9.17, 15) is 4.79 Å². The Labute approximate surface area is 137 Å². The van der Waals surface area contributed by atoms with Gasteiger partial charge in [0, 0.05) is 6.42 Å². The van der Waals surface area contributed by atoms with Crippen molar-refractivity contribution in [3.63, 3.8) is 0 Å². The molecule has 1 N–H and O–H groups in total. The number of allylic oxidation sites excluding steroid dienone is 6. The molecular formula is C20H34O2. The number of hydrogen-bond acceptors (Lipinski definition) is 1. The highest BCUT2D eigenvalue weighted by Crippen LogP contribution is 2.07. The number of unbranched alkanes of at least 4 members (excludes halogenated alkanes) is 7. The van der Waals surface area contributed by atoms with E-state index in [1.54, 1.807) is 0 Å². The van der Waals surface area contributed by atoms with Crippen LogP contribution >= 0.6 is 0 Å². The van der Waals surface area contributed by atoms with Crippen LogP contribution in [0.3, 0.4) is 0 Å². The molecule has 0 aromatic carbocycles. The zero-order valence-electron chi connectivity index (χ0n) is 14.3. The van der Waals surface area contributed by atoms with Crippen LogP contribution in [0.15, 0.2) is 36.5 Å². The van der Waals surface area contributed by atoms with Crippen molar-refractivity contribution in [2.24, 2.45) is 0 Å². The highest BCUT2D eigenvalue weighted by Gasteiger charge is 1.93. The first-order valence-corrected chi connectivity index (χ1v) is 8.94. The van der Waals surface area contributed by atoms with Gasteiger partial charge in [-0.15, -0.1) is 0 Å². The number of carbonyl (C=O) groups is 1. The van der Waals surface area contributed by atoms with Gasteiger partial charge in [-0.25, -0.2) is 0 Å². The smallest absolute Gasteiger partial charge is 0.303 e. The van der Waals surface area contributed by atoms with E-state index in [4.69, 9.17) is 5.11 Å². The monoisotopic (exact) mass is 306 g/mol. The summed E-state index contributed by atoms with van der Waals surface area (Å²) in [5.74, 6) is -0.690. The van der Waals surface area contributed by atoms with Gasteiger partial charge in [-0.1, -0.05) is 56.2 Å². The third kappa shape index (κ3) is 18.7. The zero-order chi connectivity index (χ0) is 16.3. The van der Waals surface area contributed by atoms with Crippen molar-refractivity contribution >= 4 is 5.97 Å². The van der Waals surface area contributed by atoms with Crippen LogP contribution in [-0.4, -0.2) is 11.1 Å². The van der Waals surface area contributed by atoms with Crippen LogP contribution in [0.1, 0.15) is 84.0 Å². The summed E-state index contributed by atoms with van der Waals surface area (Å²) < 4.78 is 0. The molecule has 0 saturated carbocycles. The van der Waals surface area contributed by atoms with Crippen LogP contribution in [0.2, 0.25) is 0 Å². The summed E-state index contributed by atoms with van der Waals surface area (Å²) in [6.07, 6.45) is 26.3. The summed E-state index contributed by atoms with van der Waals surface area (Å²) in [7, 11) is 0. The van der Waals surface area contributed by atoms with Crippen LogP contribution < -0.4 is 0 Å². The molecule has 0 fully saturated rings. The predicted octanol–water partition coefficient (Wildman–Crippen LogP) is 6.44. The fraction of sp³-hybridized carbons (Fsp3) is 0.650. The summed E-state index contributed by atoms with van der Waals surface area (Å²) in [5.41, 5.74) is 0. The minimum absolute atomic E-state index is 0.294. The van der Waals surface area contributed by atoms with Crippen molar-refractivity contribution in [3.05, 3.63) is 36.5 Å². The average molecular weight is 306 g/mol. The van der Waals surface area contributed by atoms with Gasteiger partial charge in [0.1, 0.15) is 0 Å². The lowest BCUT2D eigenvalue weighted by molar-refractivity contribution is -0.137. The topological polar surface area (TPSA) is 37.3 Å². The molecule has 0 aromatic heterocycles. The summed E-state index contributed by atoms with van der Waals surface area (Å²) >= 11 is 0. The molecule has 2 heteroatoms. The van der Waals surface area contributed by atoms with Crippen molar-refractivity contribution in [1.82, 2.24) is 0 Å². The third-order valence-corrected chi connectivity index (χ3v) is 3.51. The Morgan fingerprint density at radius 3 is 1.73 bits per heavy atom. The third-order valence-electron chi connectivity index (χ3n) is 3.51. The van der Waals surface area contributed by atoms with Crippen molar-refractivity contribution in [1.29, 1.82) is 0 Å². The van der Waals surface area contributed by atoms with Crippen molar-refractivity contribution in [2.75, 3.05) is 0 Å². The van der Waals surface area contributed by atoms with Crippen molar-refractivity contribution < 1.29 is 9.90 Å². The lowest BCUT2D eigenvalue weighted by Gasteiger charge is -1.96. The lowest BCUT2D eigenvalue weighted by atomic mass is 10.1.